The Hall–Kier alpha value is -2.50. The fraction of sp³-hybridized carbons (Fsp3) is 0.0909. The van der Waals surface area contributed by atoms with Crippen LogP contribution in [0, 0.1) is 0 Å². The van der Waals surface area contributed by atoms with Crippen LogP contribution >= 0.6 is 0 Å². The Morgan fingerprint density at radius 2 is 1.82 bits per heavy atom. The molecule has 1 aromatic carbocycles. The Balaban J connectivity index is 2.72. The van der Waals surface area contributed by atoms with Crippen LogP contribution < -0.4 is 0 Å². The van der Waals surface area contributed by atoms with Crippen molar-refractivity contribution in [3.8, 4) is 0 Å². The van der Waals surface area contributed by atoms with Crippen LogP contribution in [0.5, 0.6) is 0 Å². The monoisotopic (exact) mass is 232 g/mol. The standard InChI is InChI=1S/C11H8N2O4/c14-9(15)5-8-10(11(16)17)6-3-1-2-4-7(6)12-13-8/h1-4H,5H2,(H,14,15)(H,16,17). The van der Waals surface area contributed by atoms with Crippen LogP contribution in [0.1, 0.15) is 16.1 Å². The van der Waals surface area contributed by atoms with Gasteiger partial charge >= 0.3 is 11.9 Å². The topological polar surface area (TPSA) is 100 Å². The zero-order valence-electron chi connectivity index (χ0n) is 8.62. The average Bonchev–Trinajstić information content (AvgIpc) is 2.27. The van der Waals surface area contributed by atoms with Crippen molar-refractivity contribution in [2.24, 2.45) is 0 Å². The lowest BCUT2D eigenvalue weighted by Gasteiger charge is -2.05. The minimum Gasteiger partial charge on any atom is -0.481 e. The number of carboxylic acid groups (broad SMARTS) is 2. The molecule has 1 heterocycles. The summed E-state index contributed by atoms with van der Waals surface area (Å²) in [6.07, 6.45) is -0.459. The van der Waals surface area contributed by atoms with E-state index in [9.17, 15) is 9.59 Å². The van der Waals surface area contributed by atoms with Gasteiger partial charge in [0.15, 0.2) is 0 Å². The lowest BCUT2D eigenvalue weighted by Crippen LogP contribution is -2.12. The van der Waals surface area contributed by atoms with E-state index in [1.165, 1.54) is 0 Å². The molecule has 0 saturated heterocycles. The molecule has 0 bridgehead atoms. The smallest absolute Gasteiger partial charge is 0.338 e. The van der Waals surface area contributed by atoms with Gasteiger partial charge in [-0.1, -0.05) is 18.2 Å². The summed E-state index contributed by atoms with van der Waals surface area (Å²) in [6, 6.07) is 6.58. The predicted octanol–water partition coefficient (Wildman–Crippen LogP) is 0.955. The zero-order chi connectivity index (χ0) is 12.4. The molecular weight excluding hydrogens is 224 g/mol. The van der Waals surface area contributed by atoms with Crippen molar-refractivity contribution < 1.29 is 19.8 Å². The predicted molar refractivity (Wildman–Crippen MR) is 57.8 cm³/mol. The Morgan fingerprint density at radius 3 is 2.47 bits per heavy atom. The first-order valence-corrected chi connectivity index (χ1v) is 4.79. The molecule has 0 atom stereocenters. The van der Waals surface area contributed by atoms with E-state index in [1.807, 2.05) is 0 Å². The van der Waals surface area contributed by atoms with E-state index >= 15 is 0 Å². The van der Waals surface area contributed by atoms with Gasteiger partial charge in [-0.25, -0.2) is 4.79 Å². The van der Waals surface area contributed by atoms with E-state index in [0.29, 0.717) is 10.9 Å². The van der Waals surface area contributed by atoms with Crippen molar-refractivity contribution in [2.45, 2.75) is 6.42 Å². The highest BCUT2D eigenvalue weighted by Crippen LogP contribution is 2.19. The molecule has 0 fully saturated rings. The molecule has 86 valence electrons. The normalized spacial score (nSPS) is 10.4. The third kappa shape index (κ3) is 2.05. The van der Waals surface area contributed by atoms with E-state index in [2.05, 4.69) is 10.2 Å². The molecule has 2 N–H and O–H groups in total. The molecule has 0 saturated carbocycles. The van der Waals surface area contributed by atoms with Crippen LogP contribution in [-0.2, 0) is 11.2 Å². The van der Waals surface area contributed by atoms with Gasteiger partial charge in [-0.05, 0) is 6.07 Å². The van der Waals surface area contributed by atoms with Crippen LogP contribution in [0.15, 0.2) is 24.3 Å². The highest BCUT2D eigenvalue weighted by molar-refractivity contribution is 6.03. The number of hydrogen-bond donors (Lipinski definition) is 2. The first kappa shape index (κ1) is 11.0. The summed E-state index contributed by atoms with van der Waals surface area (Å²) in [5.74, 6) is -2.34. The van der Waals surface area contributed by atoms with Crippen LogP contribution in [0.4, 0.5) is 0 Å². The Labute approximate surface area is 95.5 Å². The highest BCUT2D eigenvalue weighted by Gasteiger charge is 2.18. The summed E-state index contributed by atoms with van der Waals surface area (Å²) in [4.78, 5) is 21.8. The molecule has 0 spiro atoms. The van der Waals surface area contributed by atoms with Crippen molar-refractivity contribution in [1.29, 1.82) is 0 Å². The summed E-state index contributed by atoms with van der Waals surface area (Å²) in [5, 5.41) is 25.7. The Kier molecular flexibility index (Phi) is 2.70. The molecule has 2 aromatic rings. The summed E-state index contributed by atoms with van der Waals surface area (Å²) in [5.41, 5.74) is 0.292. The molecule has 0 radical (unpaired) electrons. The third-order valence-corrected chi connectivity index (χ3v) is 2.27. The minimum absolute atomic E-state index is 0.0382. The second kappa shape index (κ2) is 4.17. The molecule has 0 aliphatic rings. The van der Waals surface area contributed by atoms with Gasteiger partial charge in [0.05, 0.1) is 23.2 Å². The van der Waals surface area contributed by atoms with Crippen molar-refractivity contribution in [3.63, 3.8) is 0 Å². The number of rotatable bonds is 3. The largest absolute Gasteiger partial charge is 0.481 e. The molecule has 0 aliphatic heterocycles. The second-order valence-electron chi connectivity index (χ2n) is 3.41. The first-order chi connectivity index (χ1) is 8.09. The molecular formula is C11H8N2O4. The molecule has 0 unspecified atom stereocenters. The lowest BCUT2D eigenvalue weighted by molar-refractivity contribution is -0.136. The SMILES string of the molecule is O=C(O)Cc1nnc2ccccc2c1C(=O)O. The number of aromatic nitrogens is 2. The fourth-order valence-electron chi connectivity index (χ4n) is 1.60. The lowest BCUT2D eigenvalue weighted by atomic mass is 10.1. The Morgan fingerprint density at radius 1 is 1.12 bits per heavy atom. The molecule has 6 nitrogen and oxygen atoms in total. The van der Waals surface area contributed by atoms with Crippen molar-refractivity contribution in [1.82, 2.24) is 10.2 Å². The summed E-state index contributed by atoms with van der Waals surface area (Å²) in [6.45, 7) is 0. The minimum atomic E-state index is -1.20. The maximum absolute atomic E-state index is 11.2. The number of nitrogens with zero attached hydrogens (tertiary/aromatic N) is 2. The van der Waals surface area contributed by atoms with E-state index in [-0.39, 0.29) is 11.3 Å². The molecule has 6 heteroatoms. The fourth-order valence-corrected chi connectivity index (χ4v) is 1.60. The number of hydrogen-bond acceptors (Lipinski definition) is 4. The number of fused-ring (bicyclic) bond motifs is 1. The van der Waals surface area contributed by atoms with Gasteiger partial charge in [-0.2, -0.15) is 10.2 Å². The second-order valence-corrected chi connectivity index (χ2v) is 3.41. The first-order valence-electron chi connectivity index (χ1n) is 4.79. The van der Waals surface area contributed by atoms with E-state index in [4.69, 9.17) is 10.2 Å². The number of carbonyl (C=O) groups is 2. The maximum Gasteiger partial charge on any atom is 0.338 e. The van der Waals surface area contributed by atoms with Crippen LogP contribution in [0.2, 0.25) is 0 Å². The molecule has 2 rings (SSSR count). The molecule has 1 aromatic heterocycles. The van der Waals surface area contributed by atoms with Gasteiger partial charge in [0.25, 0.3) is 0 Å². The van der Waals surface area contributed by atoms with Gasteiger partial charge in [0.2, 0.25) is 0 Å². The molecule has 17 heavy (non-hydrogen) atoms. The Bertz CT molecular complexity index is 609. The van der Waals surface area contributed by atoms with Crippen molar-refractivity contribution in [3.05, 3.63) is 35.5 Å². The van der Waals surface area contributed by atoms with Crippen LogP contribution in [0.25, 0.3) is 10.9 Å². The van der Waals surface area contributed by atoms with Crippen molar-refractivity contribution >= 4 is 22.8 Å². The van der Waals surface area contributed by atoms with Gasteiger partial charge in [-0.15, -0.1) is 0 Å². The summed E-state index contributed by atoms with van der Waals surface area (Å²) >= 11 is 0. The van der Waals surface area contributed by atoms with Gasteiger partial charge < -0.3 is 10.2 Å². The number of aliphatic carboxylic acids is 1. The van der Waals surface area contributed by atoms with Gasteiger partial charge in [0.1, 0.15) is 0 Å². The van der Waals surface area contributed by atoms with E-state index in [1.54, 1.807) is 24.3 Å². The molecule has 0 amide bonds. The van der Waals surface area contributed by atoms with E-state index < -0.39 is 18.4 Å². The van der Waals surface area contributed by atoms with Crippen molar-refractivity contribution in [2.75, 3.05) is 0 Å². The average molecular weight is 232 g/mol. The zero-order valence-corrected chi connectivity index (χ0v) is 8.62. The number of benzene rings is 1. The van der Waals surface area contributed by atoms with Crippen LogP contribution in [-0.4, -0.2) is 32.3 Å². The number of carboxylic acids is 2. The quantitative estimate of drug-likeness (QED) is 0.817. The summed E-state index contributed by atoms with van der Waals surface area (Å²) in [7, 11) is 0. The van der Waals surface area contributed by atoms with Gasteiger partial charge in [0, 0.05) is 5.39 Å². The number of aromatic carboxylic acids is 1. The van der Waals surface area contributed by atoms with Gasteiger partial charge in [-0.3, -0.25) is 4.79 Å². The molecule has 0 aliphatic carbocycles. The third-order valence-electron chi connectivity index (χ3n) is 2.27. The van der Waals surface area contributed by atoms with E-state index in [0.717, 1.165) is 0 Å². The summed E-state index contributed by atoms with van der Waals surface area (Å²) < 4.78 is 0. The maximum atomic E-state index is 11.2. The highest BCUT2D eigenvalue weighted by atomic mass is 16.4. The van der Waals surface area contributed by atoms with Crippen LogP contribution in [0.3, 0.4) is 0 Å².